The van der Waals surface area contributed by atoms with Crippen LogP contribution in [0.3, 0.4) is 0 Å². The highest BCUT2D eigenvalue weighted by Crippen LogP contribution is 2.43. The van der Waals surface area contributed by atoms with Crippen LogP contribution in [0.2, 0.25) is 5.02 Å². The molecule has 7 heteroatoms. The van der Waals surface area contributed by atoms with Crippen molar-refractivity contribution < 1.29 is 18.8 Å². The Labute approximate surface area is 195 Å². The van der Waals surface area contributed by atoms with Crippen molar-refractivity contribution in [1.29, 1.82) is 0 Å². The predicted molar refractivity (Wildman–Crippen MR) is 125 cm³/mol. The van der Waals surface area contributed by atoms with Crippen LogP contribution in [0.15, 0.2) is 76.0 Å². The predicted octanol–water partition coefficient (Wildman–Crippen LogP) is 5.25. The van der Waals surface area contributed by atoms with Crippen LogP contribution in [0, 0.1) is 0 Å². The van der Waals surface area contributed by atoms with Gasteiger partial charge in [0.25, 0.3) is 5.56 Å². The topological polar surface area (TPSA) is 70.7 Å². The average Bonchev–Trinajstić information content (AvgIpc) is 3.12. The number of hydrogen-bond acceptors (Lipinski definition) is 5. The van der Waals surface area contributed by atoms with Crippen LogP contribution in [0.25, 0.3) is 11.0 Å². The second kappa shape index (κ2) is 7.90. The van der Waals surface area contributed by atoms with E-state index in [1.54, 1.807) is 55.6 Å². The second-order valence-electron chi connectivity index (χ2n) is 8.62. The molecule has 33 heavy (non-hydrogen) atoms. The fraction of sp³-hybridized carbons (Fsp3) is 0.231. The SMILES string of the molecule is CO[C@H]1[C@H](n2oc3cc(Cl)ccc3c2=O)c2cc(C(=O)c3ccccc3)ccc2OC1(C)C. The molecule has 0 bridgehead atoms. The van der Waals surface area contributed by atoms with Crippen LogP contribution in [0.4, 0.5) is 0 Å². The number of benzene rings is 3. The van der Waals surface area contributed by atoms with Gasteiger partial charge in [-0.2, -0.15) is 4.74 Å². The van der Waals surface area contributed by atoms with Gasteiger partial charge in [0.05, 0.1) is 5.39 Å². The molecule has 3 aromatic carbocycles. The Hall–Kier alpha value is -3.35. The Morgan fingerprint density at radius 1 is 1.03 bits per heavy atom. The lowest BCUT2D eigenvalue weighted by atomic mass is 9.85. The monoisotopic (exact) mass is 463 g/mol. The minimum absolute atomic E-state index is 0.125. The smallest absolute Gasteiger partial charge is 0.291 e. The number of halogens is 1. The molecule has 0 saturated carbocycles. The van der Waals surface area contributed by atoms with Crippen molar-refractivity contribution in [3.05, 3.63) is 98.8 Å². The van der Waals surface area contributed by atoms with E-state index in [0.29, 0.717) is 38.4 Å². The highest BCUT2D eigenvalue weighted by atomic mass is 35.5. The summed E-state index contributed by atoms with van der Waals surface area (Å²) in [6, 6.07) is 18.5. The van der Waals surface area contributed by atoms with Crippen LogP contribution in [0.1, 0.15) is 41.4 Å². The lowest BCUT2D eigenvalue weighted by Crippen LogP contribution is -2.52. The molecule has 168 valence electrons. The minimum atomic E-state index is -0.770. The number of ether oxygens (including phenoxy) is 2. The van der Waals surface area contributed by atoms with E-state index in [1.165, 1.54) is 4.74 Å². The molecule has 1 aliphatic heterocycles. The summed E-state index contributed by atoms with van der Waals surface area (Å²) >= 11 is 6.11. The third kappa shape index (κ3) is 3.56. The normalized spacial score (nSPS) is 19.2. The van der Waals surface area contributed by atoms with Crippen LogP contribution >= 0.6 is 11.6 Å². The van der Waals surface area contributed by atoms with Crippen LogP contribution in [-0.4, -0.2) is 29.3 Å². The first-order chi connectivity index (χ1) is 15.8. The van der Waals surface area contributed by atoms with Gasteiger partial charge in [-0.15, -0.1) is 0 Å². The van der Waals surface area contributed by atoms with Gasteiger partial charge in [-0.1, -0.05) is 41.9 Å². The Morgan fingerprint density at radius 2 is 1.79 bits per heavy atom. The van der Waals surface area contributed by atoms with Crippen molar-refractivity contribution in [1.82, 2.24) is 4.74 Å². The van der Waals surface area contributed by atoms with Crippen molar-refractivity contribution in [3.8, 4) is 5.75 Å². The largest absolute Gasteiger partial charge is 0.485 e. The third-order valence-corrected chi connectivity index (χ3v) is 6.28. The zero-order valence-corrected chi connectivity index (χ0v) is 19.1. The molecule has 0 aliphatic carbocycles. The number of nitrogens with zero attached hydrogens (tertiary/aromatic N) is 1. The van der Waals surface area contributed by atoms with E-state index >= 15 is 0 Å². The van der Waals surface area contributed by atoms with Crippen LogP contribution in [-0.2, 0) is 4.74 Å². The number of aromatic nitrogens is 1. The Morgan fingerprint density at radius 3 is 2.52 bits per heavy atom. The molecule has 6 nitrogen and oxygen atoms in total. The maximum Gasteiger partial charge on any atom is 0.291 e. The maximum atomic E-state index is 13.3. The molecular formula is C26H22ClNO5. The molecule has 0 radical (unpaired) electrons. The quantitative estimate of drug-likeness (QED) is 0.386. The van der Waals surface area contributed by atoms with Crippen LogP contribution < -0.4 is 10.3 Å². The van der Waals surface area contributed by atoms with Gasteiger partial charge in [0.2, 0.25) is 0 Å². The van der Waals surface area contributed by atoms with Crippen molar-refractivity contribution >= 4 is 28.4 Å². The van der Waals surface area contributed by atoms with Gasteiger partial charge >= 0.3 is 0 Å². The molecule has 0 unspecified atom stereocenters. The molecule has 0 saturated heterocycles. The number of hydrogen-bond donors (Lipinski definition) is 0. The fourth-order valence-electron chi connectivity index (χ4n) is 4.51. The number of carbonyl (C=O) groups excluding carboxylic acids is 1. The summed E-state index contributed by atoms with van der Waals surface area (Å²) in [7, 11) is 1.57. The molecular weight excluding hydrogens is 442 g/mol. The summed E-state index contributed by atoms with van der Waals surface area (Å²) in [5, 5.41) is 0.881. The minimum Gasteiger partial charge on any atom is -0.485 e. The summed E-state index contributed by atoms with van der Waals surface area (Å²) in [6.45, 7) is 3.79. The second-order valence-corrected chi connectivity index (χ2v) is 9.05. The van der Waals surface area contributed by atoms with Crippen molar-refractivity contribution in [2.75, 3.05) is 7.11 Å². The summed E-state index contributed by atoms with van der Waals surface area (Å²) in [4.78, 5) is 26.4. The summed E-state index contributed by atoms with van der Waals surface area (Å²) in [6.07, 6.45) is -0.569. The Kier molecular flexibility index (Phi) is 5.15. The van der Waals surface area contributed by atoms with E-state index in [9.17, 15) is 9.59 Å². The highest BCUT2D eigenvalue weighted by molar-refractivity contribution is 6.31. The standard InChI is InChI=1S/C26H22ClNO5/c1-26(2)24(31-3)22(28-25(30)18-11-10-17(27)14-21(18)33-28)19-13-16(9-12-20(19)32-26)23(29)15-7-5-4-6-8-15/h4-14,22,24H,1-3H3/t22-,24+/m1/s1. The first-order valence-corrected chi connectivity index (χ1v) is 10.9. The molecule has 4 aromatic rings. The number of fused-ring (bicyclic) bond motifs is 2. The van der Waals surface area contributed by atoms with Gasteiger partial charge in [0.1, 0.15) is 23.5 Å². The van der Waals surface area contributed by atoms with Gasteiger partial charge in [0, 0.05) is 34.9 Å². The number of rotatable bonds is 4. The highest BCUT2D eigenvalue weighted by Gasteiger charge is 2.47. The molecule has 0 fully saturated rings. The van der Waals surface area contributed by atoms with Crippen molar-refractivity contribution in [2.24, 2.45) is 0 Å². The van der Waals surface area contributed by atoms with Gasteiger partial charge in [-0.05, 0) is 44.2 Å². The third-order valence-electron chi connectivity index (χ3n) is 6.05. The van der Waals surface area contributed by atoms with Crippen molar-refractivity contribution in [3.63, 3.8) is 0 Å². The van der Waals surface area contributed by atoms with Gasteiger partial charge in [-0.3, -0.25) is 9.59 Å². The van der Waals surface area contributed by atoms with E-state index in [1.807, 2.05) is 32.0 Å². The zero-order chi connectivity index (χ0) is 23.3. The first-order valence-electron chi connectivity index (χ1n) is 10.6. The number of carbonyl (C=O) groups is 1. The van der Waals surface area contributed by atoms with Crippen LogP contribution in [0.5, 0.6) is 5.75 Å². The Balaban J connectivity index is 1.71. The van der Waals surface area contributed by atoms with Crippen molar-refractivity contribution in [2.45, 2.75) is 31.6 Å². The van der Waals surface area contributed by atoms with Gasteiger partial charge < -0.3 is 14.0 Å². The van der Waals surface area contributed by atoms with E-state index in [4.69, 9.17) is 25.6 Å². The number of methoxy groups -OCH3 is 1. The molecule has 5 rings (SSSR count). The molecule has 0 N–H and O–H groups in total. The van der Waals surface area contributed by atoms with E-state index in [-0.39, 0.29) is 11.3 Å². The fourth-order valence-corrected chi connectivity index (χ4v) is 4.68. The van der Waals surface area contributed by atoms with Gasteiger partial charge in [0.15, 0.2) is 11.4 Å². The maximum absolute atomic E-state index is 13.3. The van der Waals surface area contributed by atoms with E-state index in [0.717, 1.165) is 0 Å². The lowest BCUT2D eigenvalue weighted by Gasteiger charge is -2.43. The molecule has 1 aliphatic rings. The summed E-state index contributed by atoms with van der Waals surface area (Å²) < 4.78 is 19.4. The Bertz CT molecular complexity index is 1420. The van der Waals surface area contributed by atoms with Gasteiger partial charge in [-0.25, -0.2) is 0 Å². The molecule has 2 atom stereocenters. The summed E-state index contributed by atoms with van der Waals surface area (Å²) in [5.74, 6) is 0.438. The number of ketones is 1. The molecule has 2 heterocycles. The zero-order valence-electron chi connectivity index (χ0n) is 18.4. The molecule has 1 aromatic heterocycles. The van der Waals surface area contributed by atoms with E-state index < -0.39 is 17.7 Å². The van der Waals surface area contributed by atoms with E-state index in [2.05, 4.69) is 0 Å². The lowest BCUT2D eigenvalue weighted by molar-refractivity contribution is -0.0968. The molecule has 0 spiro atoms. The first kappa shape index (κ1) is 21.5. The molecule has 0 amide bonds. The average molecular weight is 464 g/mol. The summed E-state index contributed by atoms with van der Waals surface area (Å²) in [5.41, 5.74) is 0.991.